The molecule has 0 bridgehead atoms. The maximum absolute atomic E-state index is 14.1. The van der Waals surface area contributed by atoms with Crippen LogP contribution in [0.1, 0.15) is 57.9 Å². The number of amides is 1. The number of benzene rings is 2. The third-order valence-electron chi connectivity index (χ3n) is 7.28. The molecule has 1 aliphatic rings. The largest absolute Gasteiger partial charge is 0.479 e. The Hall–Kier alpha value is -3.93. The average Bonchev–Trinajstić information content (AvgIpc) is 2.98. The van der Waals surface area contributed by atoms with Gasteiger partial charge in [0.1, 0.15) is 24.8 Å². The smallest absolute Gasteiger partial charge is 0.308 e. The first-order chi connectivity index (χ1) is 20.5. The van der Waals surface area contributed by atoms with Gasteiger partial charge >= 0.3 is 5.97 Å². The number of fused-ring (bicyclic) bond motifs is 1. The Morgan fingerprint density at radius 1 is 1.02 bits per heavy atom. The third kappa shape index (κ3) is 7.54. The second-order valence-corrected chi connectivity index (χ2v) is 10.7. The molecule has 2 unspecified atom stereocenters. The first-order valence-corrected chi connectivity index (χ1v) is 14.2. The van der Waals surface area contributed by atoms with Gasteiger partial charge in [0.2, 0.25) is 17.5 Å². The van der Waals surface area contributed by atoms with Crippen molar-refractivity contribution in [3.8, 4) is 5.75 Å². The lowest BCUT2D eigenvalue weighted by Crippen LogP contribution is -2.48. The molecule has 43 heavy (non-hydrogen) atoms. The number of aromatic nitrogens is 1. The molecule has 1 N–H and O–H groups in total. The van der Waals surface area contributed by atoms with E-state index in [1.165, 1.54) is 12.3 Å². The van der Waals surface area contributed by atoms with Crippen molar-refractivity contribution in [2.45, 2.75) is 70.1 Å². The van der Waals surface area contributed by atoms with E-state index in [-0.39, 0.29) is 24.0 Å². The van der Waals surface area contributed by atoms with Crippen LogP contribution in [0, 0.1) is 23.3 Å². The molecule has 1 heterocycles. The van der Waals surface area contributed by atoms with Gasteiger partial charge in [-0.15, -0.1) is 0 Å². The van der Waals surface area contributed by atoms with Crippen LogP contribution in [0.5, 0.6) is 5.75 Å². The fourth-order valence-electron chi connectivity index (χ4n) is 5.00. The van der Waals surface area contributed by atoms with Gasteiger partial charge in [-0.3, -0.25) is 19.2 Å². The van der Waals surface area contributed by atoms with E-state index in [1.807, 2.05) is 0 Å². The summed E-state index contributed by atoms with van der Waals surface area (Å²) in [6.45, 7) is 0.476. The minimum Gasteiger partial charge on any atom is -0.479 e. The second-order valence-electron chi connectivity index (χ2n) is 10.3. The molecule has 0 spiro atoms. The number of nitrogens with zero attached hydrogens (tertiary/aromatic N) is 1. The van der Waals surface area contributed by atoms with E-state index in [4.69, 9.17) is 21.1 Å². The van der Waals surface area contributed by atoms with Crippen LogP contribution in [0.25, 0.3) is 10.8 Å². The molecule has 0 aliphatic heterocycles. The van der Waals surface area contributed by atoms with Crippen LogP contribution in [-0.2, 0) is 19.1 Å². The molecule has 1 amide bonds. The maximum atomic E-state index is 14.1. The van der Waals surface area contributed by atoms with Crippen LogP contribution in [0.15, 0.2) is 41.3 Å². The van der Waals surface area contributed by atoms with E-state index >= 15 is 0 Å². The van der Waals surface area contributed by atoms with Gasteiger partial charge in [0.05, 0.1) is 6.42 Å². The van der Waals surface area contributed by atoms with E-state index in [0.717, 1.165) is 23.8 Å². The fraction of sp³-hybridized carbons (Fsp3) is 0.400. The molecule has 1 aliphatic carbocycles. The highest BCUT2D eigenvalue weighted by molar-refractivity contribution is 6.31. The number of pyridine rings is 1. The standard InChI is InChI=1S/C30H29ClF4N2O6/c1-2-23(37-11-10-16-8-9-17(31)12-19(16)30(37)41)29(40)36-22(14-25(39)43-18-6-4-3-5-7-18)24(38)15-42-28-26(34)20(32)13-21(33)27(28)35/h8-13,18,22-23H,2-7,14-15H2,1H3,(H,36,40). The molecule has 13 heteroatoms. The van der Waals surface area contributed by atoms with Crippen molar-refractivity contribution in [1.29, 1.82) is 0 Å². The lowest BCUT2D eigenvalue weighted by Gasteiger charge is -2.25. The van der Waals surface area contributed by atoms with Gasteiger partial charge in [-0.25, -0.2) is 8.78 Å². The predicted molar refractivity (Wildman–Crippen MR) is 149 cm³/mol. The van der Waals surface area contributed by atoms with Crippen molar-refractivity contribution in [3.05, 3.63) is 75.2 Å². The van der Waals surface area contributed by atoms with Crippen LogP contribution in [0.3, 0.4) is 0 Å². The van der Waals surface area contributed by atoms with Gasteiger partial charge in [-0.05, 0) is 55.7 Å². The number of ketones is 1. The first-order valence-electron chi connectivity index (χ1n) is 13.8. The number of hydrogen-bond donors (Lipinski definition) is 1. The summed E-state index contributed by atoms with van der Waals surface area (Å²) in [5.74, 6) is -11.3. The lowest BCUT2D eigenvalue weighted by atomic mass is 9.98. The van der Waals surface area contributed by atoms with E-state index in [2.05, 4.69) is 5.32 Å². The summed E-state index contributed by atoms with van der Waals surface area (Å²) < 4.78 is 66.8. The zero-order valence-electron chi connectivity index (χ0n) is 23.1. The summed E-state index contributed by atoms with van der Waals surface area (Å²) in [6.07, 6.45) is 4.46. The van der Waals surface area contributed by atoms with Crippen molar-refractivity contribution >= 4 is 40.0 Å². The van der Waals surface area contributed by atoms with Crippen LogP contribution in [0.4, 0.5) is 17.6 Å². The van der Waals surface area contributed by atoms with Crippen molar-refractivity contribution < 1.29 is 41.4 Å². The molecule has 8 nitrogen and oxygen atoms in total. The predicted octanol–water partition coefficient (Wildman–Crippen LogP) is 5.56. The number of hydrogen-bond acceptors (Lipinski definition) is 6. The Balaban J connectivity index is 1.57. The normalized spacial score (nSPS) is 15.1. The molecule has 0 saturated heterocycles. The van der Waals surface area contributed by atoms with Crippen molar-refractivity contribution in [1.82, 2.24) is 9.88 Å². The molecule has 2 aromatic carbocycles. The van der Waals surface area contributed by atoms with Gasteiger partial charge in [0.25, 0.3) is 5.56 Å². The number of halogens is 5. The van der Waals surface area contributed by atoms with Crippen LogP contribution in [-0.4, -0.2) is 41.0 Å². The topological polar surface area (TPSA) is 104 Å². The summed E-state index contributed by atoms with van der Waals surface area (Å²) >= 11 is 6.04. The van der Waals surface area contributed by atoms with Gasteiger partial charge in [-0.1, -0.05) is 31.0 Å². The molecule has 4 rings (SSSR count). The number of nitrogens with one attached hydrogen (secondary N) is 1. The number of carbonyl (C=O) groups is 3. The summed E-state index contributed by atoms with van der Waals surface area (Å²) in [4.78, 5) is 52.5. The maximum Gasteiger partial charge on any atom is 0.308 e. The molecule has 1 fully saturated rings. The second kappa shape index (κ2) is 14.0. The molecule has 1 saturated carbocycles. The summed E-state index contributed by atoms with van der Waals surface area (Å²) in [5.41, 5.74) is -0.524. The Bertz CT molecular complexity index is 1560. The van der Waals surface area contributed by atoms with Gasteiger partial charge in [-0.2, -0.15) is 8.78 Å². The monoisotopic (exact) mass is 624 g/mol. The Morgan fingerprint density at radius 3 is 2.35 bits per heavy atom. The lowest BCUT2D eigenvalue weighted by molar-refractivity contribution is -0.152. The van der Waals surface area contributed by atoms with Gasteiger partial charge in [0, 0.05) is 22.7 Å². The molecular formula is C30H29ClF4N2O6. The number of esters is 1. The number of rotatable bonds is 11. The van der Waals surface area contributed by atoms with Crippen molar-refractivity contribution in [2.24, 2.45) is 0 Å². The summed E-state index contributed by atoms with van der Waals surface area (Å²) in [7, 11) is 0. The zero-order valence-corrected chi connectivity index (χ0v) is 23.9. The SMILES string of the molecule is CCC(C(=O)NC(CC(=O)OC1CCCCC1)C(=O)COc1c(F)c(F)cc(F)c1F)n1ccc2ccc(Cl)cc2c1=O. The summed E-state index contributed by atoms with van der Waals surface area (Å²) in [5, 5.41) is 3.57. The van der Waals surface area contributed by atoms with E-state index in [9.17, 15) is 36.7 Å². The number of carbonyl (C=O) groups excluding carboxylic acids is 3. The summed E-state index contributed by atoms with van der Waals surface area (Å²) in [6, 6.07) is 3.56. The van der Waals surface area contributed by atoms with E-state index in [1.54, 1.807) is 25.1 Å². The number of ether oxygens (including phenoxy) is 2. The molecule has 0 radical (unpaired) electrons. The minimum atomic E-state index is -1.86. The van der Waals surface area contributed by atoms with Crippen LogP contribution in [0.2, 0.25) is 5.02 Å². The highest BCUT2D eigenvalue weighted by atomic mass is 35.5. The Kier molecular flexibility index (Phi) is 10.4. The highest BCUT2D eigenvalue weighted by Gasteiger charge is 2.31. The minimum absolute atomic E-state index is 0.0167. The fourth-order valence-corrected chi connectivity index (χ4v) is 5.17. The van der Waals surface area contributed by atoms with Crippen molar-refractivity contribution in [3.63, 3.8) is 0 Å². The number of Topliss-reactive ketones (excluding diaryl/α,β-unsaturated/α-hetero) is 1. The Morgan fingerprint density at radius 2 is 1.70 bits per heavy atom. The van der Waals surface area contributed by atoms with Gasteiger partial charge < -0.3 is 19.4 Å². The molecule has 3 aromatic rings. The van der Waals surface area contributed by atoms with Crippen LogP contribution < -0.4 is 15.6 Å². The van der Waals surface area contributed by atoms with Crippen LogP contribution >= 0.6 is 11.6 Å². The molecule has 230 valence electrons. The third-order valence-corrected chi connectivity index (χ3v) is 7.51. The molecule has 2 atom stereocenters. The molecule has 1 aromatic heterocycles. The first kappa shape index (κ1) is 32.0. The zero-order chi connectivity index (χ0) is 31.3. The highest BCUT2D eigenvalue weighted by Crippen LogP contribution is 2.27. The van der Waals surface area contributed by atoms with Crippen molar-refractivity contribution in [2.75, 3.05) is 6.61 Å². The average molecular weight is 625 g/mol. The molecular weight excluding hydrogens is 596 g/mol. The Labute approximate surface area is 248 Å². The quantitative estimate of drug-likeness (QED) is 0.170. The van der Waals surface area contributed by atoms with Gasteiger partial charge in [0.15, 0.2) is 23.2 Å². The van der Waals surface area contributed by atoms with E-state index < -0.39 is 77.3 Å². The van der Waals surface area contributed by atoms with E-state index in [0.29, 0.717) is 23.3 Å².